The molecule has 1 fully saturated rings. The quantitative estimate of drug-likeness (QED) is 0.297. The summed E-state index contributed by atoms with van der Waals surface area (Å²) in [4.78, 5) is 56.3. The van der Waals surface area contributed by atoms with Crippen molar-refractivity contribution in [1.29, 1.82) is 0 Å². The highest BCUT2D eigenvalue weighted by Crippen LogP contribution is 2.29. The molecule has 0 saturated carbocycles. The highest BCUT2D eigenvalue weighted by Gasteiger charge is 2.50. The lowest BCUT2D eigenvalue weighted by Gasteiger charge is -2.26. The van der Waals surface area contributed by atoms with Gasteiger partial charge in [-0.1, -0.05) is 19.0 Å². The summed E-state index contributed by atoms with van der Waals surface area (Å²) in [5.74, 6) is -1.46. The van der Waals surface area contributed by atoms with Crippen molar-refractivity contribution >= 4 is 34.8 Å². The number of thiazole rings is 1. The lowest BCUT2D eigenvalue weighted by atomic mass is 9.93. The van der Waals surface area contributed by atoms with E-state index in [9.17, 15) is 19.2 Å². The molecule has 1 aliphatic rings. The van der Waals surface area contributed by atoms with Gasteiger partial charge in [-0.15, -0.1) is 11.3 Å². The number of carbonyl (C=O) groups excluding carboxylic acids is 4. The maximum Gasteiger partial charge on any atom is 0.274 e. The Balaban J connectivity index is 1.75. The first kappa shape index (κ1) is 28.4. The number of methoxy groups -OCH3 is 1. The largest absolute Gasteiger partial charge is 0.382 e. The first-order chi connectivity index (χ1) is 17.5. The molecular formula is C24H33N5O7S. The topological polar surface area (TPSA) is 165 Å². The van der Waals surface area contributed by atoms with Gasteiger partial charge < -0.3 is 29.9 Å². The number of aryl methyl sites for hydroxylation is 1. The lowest BCUT2D eigenvalue weighted by Crippen LogP contribution is -2.58. The predicted molar refractivity (Wildman–Crippen MR) is 133 cm³/mol. The smallest absolute Gasteiger partial charge is 0.274 e. The molecule has 1 aliphatic heterocycles. The Hall–Kier alpha value is -3.16. The van der Waals surface area contributed by atoms with E-state index >= 15 is 0 Å². The molecule has 0 aromatic carbocycles. The van der Waals surface area contributed by atoms with Gasteiger partial charge in [-0.05, 0) is 26.2 Å². The van der Waals surface area contributed by atoms with Gasteiger partial charge in [0.15, 0.2) is 11.5 Å². The molecule has 0 spiro atoms. The second kappa shape index (κ2) is 12.4. The average Bonchev–Trinajstić information content (AvgIpc) is 3.20. The van der Waals surface area contributed by atoms with E-state index < -0.39 is 41.4 Å². The maximum absolute atomic E-state index is 13.4. The summed E-state index contributed by atoms with van der Waals surface area (Å²) in [6.07, 6.45) is 0.508. The van der Waals surface area contributed by atoms with Crippen molar-refractivity contribution < 1.29 is 33.2 Å². The highest BCUT2D eigenvalue weighted by molar-refractivity contribution is 7.07. The fourth-order valence-corrected chi connectivity index (χ4v) is 4.25. The van der Waals surface area contributed by atoms with E-state index in [4.69, 9.17) is 14.0 Å². The third-order valence-electron chi connectivity index (χ3n) is 5.78. The minimum atomic E-state index is -1.12. The fraction of sp³-hybridized carbons (Fsp3) is 0.583. The number of epoxide rings is 1. The van der Waals surface area contributed by atoms with Gasteiger partial charge in [0.1, 0.15) is 23.4 Å². The zero-order valence-corrected chi connectivity index (χ0v) is 22.3. The molecule has 0 aliphatic carbocycles. The van der Waals surface area contributed by atoms with E-state index in [1.807, 2.05) is 13.8 Å². The van der Waals surface area contributed by atoms with E-state index in [0.717, 1.165) is 0 Å². The summed E-state index contributed by atoms with van der Waals surface area (Å²) < 4.78 is 15.3. The van der Waals surface area contributed by atoms with Crippen LogP contribution in [0.15, 0.2) is 21.5 Å². The Morgan fingerprint density at radius 1 is 1.14 bits per heavy atom. The molecule has 4 atom stereocenters. The van der Waals surface area contributed by atoms with Gasteiger partial charge in [-0.25, -0.2) is 4.98 Å². The van der Waals surface area contributed by atoms with Gasteiger partial charge in [0.25, 0.3) is 5.91 Å². The zero-order chi connectivity index (χ0) is 27.2. The second-order valence-electron chi connectivity index (χ2n) is 9.62. The van der Waals surface area contributed by atoms with Crippen molar-refractivity contribution in [3.63, 3.8) is 0 Å². The van der Waals surface area contributed by atoms with Crippen molar-refractivity contribution in [3.05, 3.63) is 34.1 Å². The molecule has 3 amide bonds. The highest BCUT2D eigenvalue weighted by atomic mass is 32.1. The van der Waals surface area contributed by atoms with Crippen LogP contribution in [0.25, 0.3) is 0 Å². The van der Waals surface area contributed by atoms with Gasteiger partial charge >= 0.3 is 0 Å². The summed E-state index contributed by atoms with van der Waals surface area (Å²) in [5.41, 5.74) is 1.32. The number of aromatic nitrogens is 2. The third-order valence-corrected chi connectivity index (χ3v) is 6.42. The number of carbonyl (C=O) groups is 4. The molecule has 12 nitrogen and oxygen atoms in total. The number of amides is 3. The Morgan fingerprint density at radius 2 is 1.81 bits per heavy atom. The van der Waals surface area contributed by atoms with Gasteiger partial charge in [0, 0.05) is 25.0 Å². The van der Waals surface area contributed by atoms with Crippen LogP contribution in [0.4, 0.5) is 0 Å². The van der Waals surface area contributed by atoms with Gasteiger partial charge in [-0.3, -0.25) is 19.2 Å². The predicted octanol–water partition coefficient (Wildman–Crippen LogP) is 0.801. The average molecular weight is 536 g/mol. The molecule has 3 rings (SSSR count). The van der Waals surface area contributed by atoms with Crippen molar-refractivity contribution in [2.24, 2.45) is 5.92 Å². The zero-order valence-electron chi connectivity index (χ0n) is 21.5. The molecule has 37 heavy (non-hydrogen) atoms. The summed E-state index contributed by atoms with van der Waals surface area (Å²) >= 11 is 1.35. The molecule has 2 aromatic heterocycles. The first-order valence-electron chi connectivity index (χ1n) is 11.9. The van der Waals surface area contributed by atoms with Crippen LogP contribution in [0.3, 0.4) is 0 Å². The van der Waals surface area contributed by atoms with E-state index in [0.29, 0.717) is 24.5 Å². The SMILES string of the molecule is COC[C@H](NC(=O)c1cc(C)on1)C(=O)N[C@@H](Cc1cscn1)C(=O)N[C@@H](CC(C)C)C(=O)[C@@]1(C)CO1. The Bertz CT molecular complexity index is 1100. The summed E-state index contributed by atoms with van der Waals surface area (Å²) in [6, 6.07) is -1.52. The van der Waals surface area contributed by atoms with Crippen LogP contribution in [0.5, 0.6) is 0 Å². The molecule has 0 unspecified atom stereocenters. The Labute approximate surface area is 218 Å². The van der Waals surface area contributed by atoms with Crippen molar-refractivity contribution in [2.45, 2.75) is 64.3 Å². The van der Waals surface area contributed by atoms with Crippen LogP contribution in [0.1, 0.15) is 49.1 Å². The second-order valence-corrected chi connectivity index (χ2v) is 10.3. The number of hydrogen-bond donors (Lipinski definition) is 3. The van der Waals surface area contributed by atoms with Gasteiger partial charge in [-0.2, -0.15) is 0 Å². The van der Waals surface area contributed by atoms with E-state index in [1.54, 1.807) is 24.7 Å². The molecule has 3 N–H and O–H groups in total. The molecule has 202 valence electrons. The standard InChI is InChI=1S/C24H33N5O7S/c1-13(2)6-16(20(30)24(4)11-35-24)26-21(31)17(8-15-10-37-12-25-15)27-23(33)19(9-34-5)28-22(32)18-7-14(3)36-29-18/h7,10,12-13,16-17,19H,6,8-9,11H2,1-5H3,(H,26,31)(H,27,33)(H,28,32)/t16-,17-,19-,24+/m0/s1. The first-order valence-corrected chi connectivity index (χ1v) is 12.9. The van der Waals surface area contributed by atoms with Crippen LogP contribution in [-0.2, 0) is 30.3 Å². The van der Waals surface area contributed by atoms with Crippen LogP contribution in [-0.4, -0.2) is 77.7 Å². The van der Waals surface area contributed by atoms with Crippen molar-refractivity contribution in [1.82, 2.24) is 26.1 Å². The number of rotatable bonds is 14. The maximum atomic E-state index is 13.4. The number of nitrogens with zero attached hydrogens (tertiary/aromatic N) is 2. The minimum Gasteiger partial charge on any atom is -0.382 e. The molecule has 13 heteroatoms. The number of ketones is 1. The fourth-order valence-electron chi connectivity index (χ4n) is 3.68. The Morgan fingerprint density at radius 3 is 2.35 bits per heavy atom. The summed E-state index contributed by atoms with van der Waals surface area (Å²) in [7, 11) is 1.38. The van der Waals surface area contributed by atoms with E-state index in [-0.39, 0.29) is 30.4 Å². The molecular weight excluding hydrogens is 502 g/mol. The molecule has 3 heterocycles. The normalized spacial score (nSPS) is 19.1. The molecule has 0 bridgehead atoms. The minimum absolute atomic E-state index is 0.00833. The van der Waals surface area contributed by atoms with Crippen molar-refractivity contribution in [3.8, 4) is 0 Å². The number of hydrogen-bond acceptors (Lipinski definition) is 10. The van der Waals surface area contributed by atoms with Crippen LogP contribution in [0.2, 0.25) is 0 Å². The number of Topliss-reactive ketones (excluding diaryl/α,β-unsaturated/α-hetero) is 1. The van der Waals surface area contributed by atoms with E-state index in [2.05, 4.69) is 26.1 Å². The van der Waals surface area contributed by atoms with Crippen LogP contribution in [0, 0.1) is 12.8 Å². The number of ether oxygens (including phenoxy) is 2. The molecule has 2 aromatic rings. The van der Waals surface area contributed by atoms with Crippen molar-refractivity contribution in [2.75, 3.05) is 20.3 Å². The number of nitrogens with one attached hydrogen (secondary N) is 3. The van der Waals surface area contributed by atoms with Gasteiger partial charge in [0.2, 0.25) is 11.8 Å². The van der Waals surface area contributed by atoms with Crippen LogP contribution < -0.4 is 16.0 Å². The monoisotopic (exact) mass is 535 g/mol. The lowest BCUT2D eigenvalue weighted by molar-refractivity contribution is -0.133. The van der Waals surface area contributed by atoms with Crippen LogP contribution >= 0.6 is 11.3 Å². The third kappa shape index (κ3) is 7.91. The van der Waals surface area contributed by atoms with Gasteiger partial charge in [0.05, 0.1) is 30.5 Å². The summed E-state index contributed by atoms with van der Waals surface area (Å²) in [5, 5.41) is 13.5. The molecule has 0 radical (unpaired) electrons. The Kier molecular flexibility index (Phi) is 9.51. The van der Waals surface area contributed by atoms with E-state index in [1.165, 1.54) is 24.5 Å². The summed E-state index contributed by atoms with van der Waals surface area (Å²) in [6.45, 7) is 7.38. The molecule has 1 saturated heterocycles.